The third kappa shape index (κ3) is 4.70. The summed E-state index contributed by atoms with van der Waals surface area (Å²) >= 11 is 0. The normalized spacial score (nSPS) is 11.5. The number of amides is 1. The van der Waals surface area contributed by atoms with Gasteiger partial charge in [0.15, 0.2) is 0 Å². The first-order valence-corrected chi connectivity index (χ1v) is 7.40. The average molecular weight is 301 g/mol. The molecule has 0 aliphatic heterocycles. The fourth-order valence-electron chi connectivity index (χ4n) is 2.32. The van der Waals surface area contributed by atoms with E-state index >= 15 is 0 Å². The van der Waals surface area contributed by atoms with Crippen LogP contribution in [-0.2, 0) is 11.2 Å². The summed E-state index contributed by atoms with van der Waals surface area (Å²) in [5.41, 5.74) is 1.15. The lowest BCUT2D eigenvalue weighted by Gasteiger charge is -2.25. The molecule has 1 aromatic carbocycles. The highest BCUT2D eigenvalue weighted by molar-refractivity contribution is 5.76. The molecule has 0 atom stereocenters. The van der Waals surface area contributed by atoms with Gasteiger partial charge in [-0.2, -0.15) is 5.10 Å². The summed E-state index contributed by atoms with van der Waals surface area (Å²) in [6.07, 6.45) is 4.78. The highest BCUT2D eigenvalue weighted by atomic mass is 16.3. The number of likely N-dealkylation sites (N-methyl/N-ethyl adjacent to an activating group) is 1. The number of carbonyl (C=O) groups excluding carboxylic acids is 1. The molecular formula is C17H23N3O2. The van der Waals surface area contributed by atoms with Crippen molar-refractivity contribution < 1.29 is 9.90 Å². The standard InChI is InChI=1S/C17H23N3O2/c1-17(2,22)13-19(3)16(21)10-9-14-11-18-20(12-14)15-7-5-4-6-8-15/h4-8,11-12,22H,9-10,13H2,1-3H3. The van der Waals surface area contributed by atoms with Crippen LogP contribution < -0.4 is 0 Å². The van der Waals surface area contributed by atoms with Crippen LogP contribution in [0, 0.1) is 0 Å². The fraction of sp³-hybridized carbons (Fsp3) is 0.412. The molecule has 2 aromatic rings. The van der Waals surface area contributed by atoms with Gasteiger partial charge in [-0.1, -0.05) is 18.2 Å². The van der Waals surface area contributed by atoms with Crippen LogP contribution in [0.3, 0.4) is 0 Å². The van der Waals surface area contributed by atoms with E-state index in [0.29, 0.717) is 19.4 Å². The Labute approximate surface area is 131 Å². The van der Waals surface area contributed by atoms with E-state index < -0.39 is 5.60 Å². The Balaban J connectivity index is 1.90. The molecule has 0 aliphatic rings. The van der Waals surface area contributed by atoms with Gasteiger partial charge in [0.05, 0.1) is 17.5 Å². The van der Waals surface area contributed by atoms with Gasteiger partial charge in [-0.3, -0.25) is 4.79 Å². The number of aromatic nitrogens is 2. The van der Waals surface area contributed by atoms with Crippen molar-refractivity contribution in [1.82, 2.24) is 14.7 Å². The van der Waals surface area contributed by atoms with Gasteiger partial charge in [0.1, 0.15) is 0 Å². The van der Waals surface area contributed by atoms with Crippen LogP contribution >= 0.6 is 0 Å². The van der Waals surface area contributed by atoms with Gasteiger partial charge in [0.25, 0.3) is 0 Å². The van der Waals surface area contributed by atoms with Crippen LogP contribution in [0.1, 0.15) is 25.8 Å². The maximum atomic E-state index is 12.1. The van der Waals surface area contributed by atoms with Gasteiger partial charge in [-0.05, 0) is 38.0 Å². The van der Waals surface area contributed by atoms with E-state index in [1.807, 2.05) is 36.5 Å². The average Bonchev–Trinajstić information content (AvgIpc) is 2.92. The Hall–Kier alpha value is -2.14. The summed E-state index contributed by atoms with van der Waals surface area (Å²) in [5, 5.41) is 14.1. The molecule has 0 radical (unpaired) electrons. The van der Waals surface area contributed by atoms with Gasteiger partial charge in [-0.25, -0.2) is 4.68 Å². The van der Waals surface area contributed by atoms with Crippen molar-refractivity contribution in [3.8, 4) is 5.69 Å². The maximum Gasteiger partial charge on any atom is 0.222 e. The number of carbonyl (C=O) groups is 1. The number of benzene rings is 1. The van der Waals surface area contributed by atoms with E-state index in [-0.39, 0.29) is 5.91 Å². The molecule has 1 N–H and O–H groups in total. The molecule has 0 unspecified atom stereocenters. The van der Waals surface area contributed by atoms with E-state index in [2.05, 4.69) is 5.10 Å². The molecule has 2 rings (SSSR count). The second kappa shape index (κ2) is 6.75. The number of rotatable bonds is 6. The Morgan fingerprint density at radius 1 is 1.32 bits per heavy atom. The quantitative estimate of drug-likeness (QED) is 0.888. The zero-order valence-corrected chi connectivity index (χ0v) is 13.4. The third-order valence-corrected chi connectivity index (χ3v) is 3.33. The molecule has 22 heavy (non-hydrogen) atoms. The van der Waals surface area contributed by atoms with E-state index in [1.165, 1.54) is 0 Å². The number of aliphatic hydroxyl groups is 1. The molecule has 0 bridgehead atoms. The zero-order valence-electron chi connectivity index (χ0n) is 13.4. The van der Waals surface area contributed by atoms with E-state index in [9.17, 15) is 9.90 Å². The fourth-order valence-corrected chi connectivity index (χ4v) is 2.32. The van der Waals surface area contributed by atoms with Crippen molar-refractivity contribution in [2.24, 2.45) is 0 Å². The van der Waals surface area contributed by atoms with Crippen molar-refractivity contribution in [3.05, 3.63) is 48.3 Å². The predicted octanol–water partition coefficient (Wildman–Crippen LogP) is 2.03. The second-order valence-electron chi connectivity index (χ2n) is 6.19. The lowest BCUT2D eigenvalue weighted by molar-refractivity contribution is -0.132. The molecule has 0 saturated heterocycles. The first-order valence-electron chi connectivity index (χ1n) is 7.40. The van der Waals surface area contributed by atoms with Crippen LogP contribution in [0.5, 0.6) is 0 Å². The summed E-state index contributed by atoms with van der Waals surface area (Å²) in [5.74, 6) is 0.0228. The summed E-state index contributed by atoms with van der Waals surface area (Å²) in [7, 11) is 1.72. The van der Waals surface area contributed by atoms with Crippen LogP contribution in [0.25, 0.3) is 5.69 Å². The molecule has 1 amide bonds. The highest BCUT2D eigenvalue weighted by Gasteiger charge is 2.19. The van der Waals surface area contributed by atoms with Crippen molar-refractivity contribution in [2.75, 3.05) is 13.6 Å². The van der Waals surface area contributed by atoms with Gasteiger partial charge >= 0.3 is 0 Å². The monoisotopic (exact) mass is 301 g/mol. The van der Waals surface area contributed by atoms with Gasteiger partial charge in [-0.15, -0.1) is 0 Å². The van der Waals surface area contributed by atoms with Gasteiger partial charge < -0.3 is 10.0 Å². The summed E-state index contributed by atoms with van der Waals surface area (Å²) < 4.78 is 1.81. The summed E-state index contributed by atoms with van der Waals surface area (Å²) in [4.78, 5) is 13.6. The molecule has 0 aliphatic carbocycles. The SMILES string of the molecule is CN(CC(C)(C)O)C(=O)CCc1cnn(-c2ccccc2)c1. The molecule has 1 aromatic heterocycles. The van der Waals surface area contributed by atoms with E-state index in [4.69, 9.17) is 0 Å². The predicted molar refractivity (Wildman–Crippen MR) is 85.8 cm³/mol. The molecule has 0 saturated carbocycles. The molecule has 5 heteroatoms. The minimum Gasteiger partial charge on any atom is -0.389 e. The van der Waals surface area contributed by atoms with Gasteiger partial charge in [0, 0.05) is 26.2 Å². The lowest BCUT2D eigenvalue weighted by atomic mass is 10.1. The molecule has 1 heterocycles. The third-order valence-electron chi connectivity index (χ3n) is 3.33. The van der Waals surface area contributed by atoms with Crippen molar-refractivity contribution >= 4 is 5.91 Å². The number of aryl methyl sites for hydroxylation is 1. The van der Waals surface area contributed by atoms with Crippen LogP contribution in [0.2, 0.25) is 0 Å². The zero-order chi connectivity index (χ0) is 16.2. The number of para-hydroxylation sites is 1. The maximum absolute atomic E-state index is 12.1. The largest absolute Gasteiger partial charge is 0.389 e. The second-order valence-corrected chi connectivity index (χ2v) is 6.19. The smallest absolute Gasteiger partial charge is 0.222 e. The van der Waals surface area contributed by atoms with E-state index in [1.54, 1.807) is 36.7 Å². The van der Waals surface area contributed by atoms with Crippen LogP contribution in [0.4, 0.5) is 0 Å². The number of nitrogens with zero attached hydrogens (tertiary/aromatic N) is 3. The Kier molecular flexibility index (Phi) is 4.98. The molecular weight excluding hydrogens is 278 g/mol. The summed E-state index contributed by atoms with van der Waals surface area (Å²) in [6.45, 7) is 3.72. The Morgan fingerprint density at radius 2 is 2.00 bits per heavy atom. The minimum atomic E-state index is -0.872. The molecule has 0 spiro atoms. The molecule has 0 fully saturated rings. The Morgan fingerprint density at radius 3 is 2.64 bits per heavy atom. The van der Waals surface area contributed by atoms with Crippen molar-refractivity contribution in [2.45, 2.75) is 32.3 Å². The van der Waals surface area contributed by atoms with Crippen LogP contribution in [-0.4, -0.2) is 44.9 Å². The first-order chi connectivity index (χ1) is 10.3. The van der Waals surface area contributed by atoms with Crippen molar-refractivity contribution in [1.29, 1.82) is 0 Å². The van der Waals surface area contributed by atoms with E-state index in [0.717, 1.165) is 11.3 Å². The molecule has 118 valence electrons. The number of hydrogen-bond donors (Lipinski definition) is 1. The van der Waals surface area contributed by atoms with Crippen molar-refractivity contribution in [3.63, 3.8) is 0 Å². The van der Waals surface area contributed by atoms with Gasteiger partial charge in [0.2, 0.25) is 5.91 Å². The van der Waals surface area contributed by atoms with Crippen LogP contribution in [0.15, 0.2) is 42.7 Å². The highest BCUT2D eigenvalue weighted by Crippen LogP contribution is 2.10. The Bertz CT molecular complexity index is 614. The first kappa shape index (κ1) is 16.2. The lowest BCUT2D eigenvalue weighted by Crippen LogP contribution is -2.39. The summed E-state index contributed by atoms with van der Waals surface area (Å²) in [6, 6.07) is 9.86. The molecule has 5 nitrogen and oxygen atoms in total. The topological polar surface area (TPSA) is 58.4 Å². The number of hydrogen-bond acceptors (Lipinski definition) is 3. The minimum absolute atomic E-state index is 0.0228.